The number of amides is 4. The van der Waals surface area contributed by atoms with E-state index in [4.69, 9.17) is 0 Å². The van der Waals surface area contributed by atoms with Crippen molar-refractivity contribution >= 4 is 82.4 Å². The third-order valence-electron chi connectivity index (χ3n) is 8.45. The molecule has 6 rings (SSSR count). The monoisotopic (exact) mass is 770 g/mol. The number of aromatic hydroxyl groups is 2. The molecular formula is C37H30N4O11S2. The van der Waals surface area contributed by atoms with Gasteiger partial charge in [-0.25, -0.2) is 4.79 Å². The number of nitrogens with one attached hydrogen (secondary N) is 4. The van der Waals surface area contributed by atoms with Gasteiger partial charge >= 0.3 is 6.03 Å². The molecule has 0 aliphatic rings. The molecule has 0 heterocycles. The van der Waals surface area contributed by atoms with E-state index in [2.05, 4.69) is 21.3 Å². The summed E-state index contributed by atoms with van der Waals surface area (Å²) in [5.41, 5.74) is 3.27. The van der Waals surface area contributed by atoms with E-state index < -0.39 is 59.4 Å². The molecule has 8 N–H and O–H groups in total. The molecule has 0 radical (unpaired) electrons. The molecule has 6 aromatic carbocycles. The fourth-order valence-electron chi connectivity index (χ4n) is 5.73. The summed E-state index contributed by atoms with van der Waals surface area (Å²) in [5, 5.41) is 32.6. The quantitative estimate of drug-likeness (QED) is 0.0760. The Labute approximate surface area is 307 Å². The predicted molar refractivity (Wildman–Crippen MR) is 202 cm³/mol. The number of fused-ring (bicyclic) bond motifs is 2. The number of phenolic OH excluding ortho intramolecular Hbond substituents is 2. The number of hydrogen-bond acceptors (Lipinski definition) is 9. The molecule has 0 fully saturated rings. The summed E-state index contributed by atoms with van der Waals surface area (Å²) in [6, 6.07) is 22.4. The van der Waals surface area contributed by atoms with Gasteiger partial charge in [0, 0.05) is 44.6 Å². The fourth-order valence-corrected chi connectivity index (χ4v) is 6.92. The summed E-state index contributed by atoms with van der Waals surface area (Å²) < 4.78 is 64.6. The lowest BCUT2D eigenvalue weighted by atomic mass is 10.1. The van der Waals surface area contributed by atoms with E-state index in [0.29, 0.717) is 44.6 Å². The maximum atomic E-state index is 13.0. The number of anilines is 4. The molecule has 0 aliphatic carbocycles. The van der Waals surface area contributed by atoms with Gasteiger partial charge in [0.1, 0.15) is 21.3 Å². The molecule has 0 bridgehead atoms. The van der Waals surface area contributed by atoms with Gasteiger partial charge in [-0.1, -0.05) is 12.1 Å². The zero-order valence-electron chi connectivity index (χ0n) is 28.2. The number of aryl methyl sites for hydroxylation is 2. The Morgan fingerprint density at radius 1 is 0.500 bits per heavy atom. The largest absolute Gasteiger partial charge is 0.506 e. The van der Waals surface area contributed by atoms with Crippen molar-refractivity contribution in [3.8, 4) is 11.5 Å². The van der Waals surface area contributed by atoms with Crippen molar-refractivity contribution in [2.45, 2.75) is 23.6 Å². The summed E-state index contributed by atoms with van der Waals surface area (Å²) in [6.07, 6.45) is 0. The lowest BCUT2D eigenvalue weighted by Crippen LogP contribution is -2.21. The van der Waals surface area contributed by atoms with Crippen LogP contribution < -0.4 is 21.3 Å². The molecule has 0 aliphatic heterocycles. The topological polar surface area (TPSA) is 249 Å². The summed E-state index contributed by atoms with van der Waals surface area (Å²) in [5.74, 6) is -2.17. The second kappa shape index (κ2) is 14.1. The van der Waals surface area contributed by atoms with E-state index in [1.165, 1.54) is 60.7 Å². The molecule has 0 spiro atoms. The average molecular weight is 771 g/mol. The molecule has 17 heteroatoms. The first-order valence-corrected chi connectivity index (χ1v) is 18.7. The van der Waals surface area contributed by atoms with E-state index in [9.17, 15) is 50.5 Å². The van der Waals surface area contributed by atoms with Crippen LogP contribution in [0.5, 0.6) is 11.5 Å². The molecule has 54 heavy (non-hydrogen) atoms. The molecule has 6 aromatic rings. The van der Waals surface area contributed by atoms with Crippen LogP contribution in [0.15, 0.2) is 107 Å². The summed E-state index contributed by atoms with van der Waals surface area (Å²) in [4.78, 5) is 37.7. The van der Waals surface area contributed by atoms with Gasteiger partial charge in [0.2, 0.25) is 0 Å². The summed E-state index contributed by atoms with van der Waals surface area (Å²) in [7, 11) is -9.26. The van der Waals surface area contributed by atoms with E-state index in [1.54, 1.807) is 38.1 Å². The van der Waals surface area contributed by atoms with Crippen molar-refractivity contribution in [3.05, 3.63) is 119 Å². The van der Waals surface area contributed by atoms with Crippen LogP contribution in [0, 0.1) is 13.8 Å². The van der Waals surface area contributed by atoms with Gasteiger partial charge in [-0.05, 0) is 121 Å². The minimum absolute atomic E-state index is 0.161. The van der Waals surface area contributed by atoms with Gasteiger partial charge in [0.15, 0.2) is 0 Å². The molecule has 0 saturated carbocycles. The maximum absolute atomic E-state index is 13.0. The third kappa shape index (κ3) is 7.79. The second-order valence-corrected chi connectivity index (χ2v) is 15.0. The SMILES string of the molecule is Cc1cc(C(=O)Nc2ccc3c(O)c(S(=O)(=O)O)ccc3c2)ccc1NC(=O)Nc1ccc(C(=O)Nc2ccc3c(O)c(S(=O)(=O)O)ccc3c2)cc1C. The number of urea groups is 1. The van der Waals surface area contributed by atoms with E-state index >= 15 is 0 Å². The van der Waals surface area contributed by atoms with Gasteiger partial charge in [-0.2, -0.15) is 16.8 Å². The van der Waals surface area contributed by atoms with E-state index in [0.717, 1.165) is 12.1 Å². The first kappa shape index (κ1) is 37.2. The Morgan fingerprint density at radius 3 is 1.24 bits per heavy atom. The number of phenols is 2. The molecule has 0 atom stereocenters. The summed E-state index contributed by atoms with van der Waals surface area (Å²) >= 11 is 0. The highest BCUT2D eigenvalue weighted by atomic mass is 32.2. The van der Waals surface area contributed by atoms with Crippen molar-refractivity contribution < 1.29 is 50.5 Å². The van der Waals surface area contributed by atoms with Crippen LogP contribution in [-0.2, 0) is 20.2 Å². The molecular weight excluding hydrogens is 741 g/mol. The van der Waals surface area contributed by atoms with Crippen LogP contribution in [0.4, 0.5) is 27.5 Å². The molecule has 15 nitrogen and oxygen atoms in total. The average Bonchev–Trinajstić information content (AvgIpc) is 3.09. The van der Waals surface area contributed by atoms with Gasteiger partial charge in [0.05, 0.1) is 0 Å². The first-order valence-electron chi connectivity index (χ1n) is 15.8. The van der Waals surface area contributed by atoms with Gasteiger partial charge in [0.25, 0.3) is 32.1 Å². The standard InChI is InChI=1S/C37H30N4O11S2/c1-19-15-23(35(44)38-25-7-9-27-21(17-25)5-13-31(33(27)42)53(47,48)49)3-11-29(19)40-37(46)41-30-12-4-24(16-20(30)2)36(45)39-26-8-10-28-22(18-26)6-14-32(34(28)43)54(50,51)52/h3-18,42-43H,1-2H3,(H,38,44)(H,39,45)(H2,40,41,46)(H,47,48,49)(H,50,51,52). The lowest BCUT2D eigenvalue weighted by molar-refractivity contribution is 0.101. The zero-order chi connectivity index (χ0) is 39.1. The minimum Gasteiger partial charge on any atom is -0.506 e. The zero-order valence-corrected chi connectivity index (χ0v) is 29.8. The van der Waals surface area contributed by atoms with E-state index in [1.807, 2.05) is 0 Å². The van der Waals surface area contributed by atoms with Crippen molar-refractivity contribution in [3.63, 3.8) is 0 Å². The van der Waals surface area contributed by atoms with Gasteiger partial charge in [-0.15, -0.1) is 0 Å². The smallest absolute Gasteiger partial charge is 0.323 e. The van der Waals surface area contributed by atoms with Gasteiger partial charge < -0.3 is 31.5 Å². The van der Waals surface area contributed by atoms with Crippen molar-refractivity contribution in [2.24, 2.45) is 0 Å². The third-order valence-corrected chi connectivity index (χ3v) is 10.2. The highest BCUT2D eigenvalue weighted by molar-refractivity contribution is 7.86. The van der Waals surface area contributed by atoms with Crippen molar-refractivity contribution in [2.75, 3.05) is 21.3 Å². The van der Waals surface area contributed by atoms with E-state index in [-0.39, 0.29) is 21.9 Å². The van der Waals surface area contributed by atoms with Crippen LogP contribution in [0.25, 0.3) is 21.5 Å². The van der Waals surface area contributed by atoms with Crippen LogP contribution in [-0.4, -0.2) is 54.0 Å². The van der Waals surface area contributed by atoms with Crippen LogP contribution in [0.3, 0.4) is 0 Å². The lowest BCUT2D eigenvalue weighted by Gasteiger charge is -2.14. The van der Waals surface area contributed by atoms with Crippen LogP contribution >= 0.6 is 0 Å². The Balaban J connectivity index is 1.07. The molecule has 0 aromatic heterocycles. The highest BCUT2D eigenvalue weighted by Gasteiger charge is 2.20. The highest BCUT2D eigenvalue weighted by Crippen LogP contribution is 2.35. The first-order chi connectivity index (χ1) is 25.4. The fraction of sp³-hybridized carbons (Fsp3) is 0.0541. The number of hydrogen-bond donors (Lipinski definition) is 8. The molecule has 276 valence electrons. The van der Waals surface area contributed by atoms with Gasteiger partial charge in [-0.3, -0.25) is 18.7 Å². The molecule has 0 unspecified atom stereocenters. The number of rotatable bonds is 8. The molecule has 4 amide bonds. The maximum Gasteiger partial charge on any atom is 0.323 e. The number of carbonyl (C=O) groups excluding carboxylic acids is 3. The van der Waals surface area contributed by atoms with Crippen LogP contribution in [0.1, 0.15) is 31.8 Å². The Morgan fingerprint density at radius 2 is 0.889 bits per heavy atom. The second-order valence-electron chi connectivity index (χ2n) is 12.2. The number of carbonyl (C=O) groups is 3. The molecule has 0 saturated heterocycles. The number of benzene rings is 6. The van der Waals surface area contributed by atoms with Crippen molar-refractivity contribution in [1.82, 2.24) is 0 Å². The van der Waals surface area contributed by atoms with Crippen LogP contribution in [0.2, 0.25) is 0 Å². The Bertz CT molecular complexity index is 2600. The normalized spacial score (nSPS) is 11.6. The Hall–Kier alpha value is -6.53. The predicted octanol–water partition coefficient (Wildman–Crippen LogP) is 6.66. The van der Waals surface area contributed by atoms with Crippen molar-refractivity contribution in [1.29, 1.82) is 0 Å². The minimum atomic E-state index is -4.63. The summed E-state index contributed by atoms with van der Waals surface area (Å²) in [6.45, 7) is 3.40. The Kier molecular flexibility index (Phi) is 9.74.